The second-order valence-electron chi connectivity index (χ2n) is 4.86. The average Bonchev–Trinajstić information content (AvgIpc) is 2.94. The summed E-state index contributed by atoms with van der Waals surface area (Å²) in [6.45, 7) is 2.48. The number of aryl methyl sites for hydroxylation is 1. The highest BCUT2D eigenvalue weighted by molar-refractivity contribution is 7.09. The maximum Gasteiger partial charge on any atom is 0.125 e. The molecular weight excluding hydrogens is 283 g/mol. The fourth-order valence-corrected chi connectivity index (χ4v) is 2.89. The Morgan fingerprint density at radius 2 is 1.95 bits per heavy atom. The third-order valence-corrected chi connectivity index (χ3v) is 3.96. The topological polar surface area (TPSA) is 24.9 Å². The zero-order valence-corrected chi connectivity index (χ0v) is 12.5. The number of anilines is 1. The number of hydrogen-bond donors (Lipinski definition) is 1. The molecule has 0 aliphatic rings. The Kier molecular flexibility index (Phi) is 3.97. The standard InChI is InChI=1S/C17H15FN2S/c1-12-7-14(18)9-15(8-12)19-10-17-20-16(11-21-17)13-5-3-2-4-6-13/h2-9,11,19H,10H2,1H3. The van der Waals surface area contributed by atoms with E-state index < -0.39 is 0 Å². The van der Waals surface area contributed by atoms with Crippen molar-refractivity contribution in [3.8, 4) is 11.3 Å². The Hall–Kier alpha value is -2.20. The maximum atomic E-state index is 13.3. The van der Waals surface area contributed by atoms with Gasteiger partial charge in [0.25, 0.3) is 0 Å². The Labute approximate surface area is 127 Å². The van der Waals surface area contributed by atoms with Gasteiger partial charge in [0.15, 0.2) is 0 Å². The highest BCUT2D eigenvalue weighted by atomic mass is 32.1. The van der Waals surface area contributed by atoms with Gasteiger partial charge in [-0.15, -0.1) is 11.3 Å². The molecule has 2 nitrogen and oxygen atoms in total. The van der Waals surface area contributed by atoms with Crippen molar-refractivity contribution in [2.75, 3.05) is 5.32 Å². The normalized spacial score (nSPS) is 10.6. The van der Waals surface area contributed by atoms with Crippen molar-refractivity contribution >= 4 is 17.0 Å². The van der Waals surface area contributed by atoms with Crippen molar-refractivity contribution in [3.63, 3.8) is 0 Å². The van der Waals surface area contributed by atoms with Crippen molar-refractivity contribution in [2.24, 2.45) is 0 Å². The van der Waals surface area contributed by atoms with Crippen molar-refractivity contribution in [2.45, 2.75) is 13.5 Å². The molecule has 21 heavy (non-hydrogen) atoms. The molecule has 0 unspecified atom stereocenters. The predicted octanol–water partition coefficient (Wildman–Crippen LogP) is 4.87. The van der Waals surface area contributed by atoms with Gasteiger partial charge in [0.05, 0.1) is 12.2 Å². The first-order chi connectivity index (χ1) is 10.2. The number of thiazole rings is 1. The number of nitrogens with zero attached hydrogens (tertiary/aromatic N) is 1. The van der Waals surface area contributed by atoms with E-state index in [1.807, 2.05) is 48.7 Å². The van der Waals surface area contributed by atoms with Crippen LogP contribution in [0.3, 0.4) is 0 Å². The Balaban J connectivity index is 1.70. The molecule has 0 spiro atoms. The summed E-state index contributed by atoms with van der Waals surface area (Å²) in [4.78, 5) is 4.60. The fraction of sp³-hybridized carbons (Fsp3) is 0.118. The summed E-state index contributed by atoms with van der Waals surface area (Å²) >= 11 is 1.60. The van der Waals surface area contributed by atoms with E-state index in [2.05, 4.69) is 10.3 Å². The van der Waals surface area contributed by atoms with Gasteiger partial charge in [-0.1, -0.05) is 30.3 Å². The molecular formula is C17H15FN2S. The van der Waals surface area contributed by atoms with Crippen LogP contribution in [0.1, 0.15) is 10.6 Å². The largest absolute Gasteiger partial charge is 0.378 e. The number of hydrogen-bond acceptors (Lipinski definition) is 3. The van der Waals surface area contributed by atoms with E-state index in [0.717, 1.165) is 27.5 Å². The summed E-state index contributed by atoms with van der Waals surface area (Å²) in [5.74, 6) is -0.221. The highest BCUT2D eigenvalue weighted by Gasteiger charge is 2.04. The quantitative estimate of drug-likeness (QED) is 0.743. The minimum atomic E-state index is -0.221. The molecule has 0 saturated heterocycles. The van der Waals surface area contributed by atoms with Gasteiger partial charge in [0.2, 0.25) is 0 Å². The van der Waals surface area contributed by atoms with Crippen LogP contribution >= 0.6 is 11.3 Å². The smallest absolute Gasteiger partial charge is 0.125 e. The third-order valence-electron chi connectivity index (χ3n) is 3.11. The number of halogens is 1. The summed E-state index contributed by atoms with van der Waals surface area (Å²) in [7, 11) is 0. The van der Waals surface area contributed by atoms with Crippen molar-refractivity contribution in [3.05, 3.63) is 70.3 Å². The summed E-state index contributed by atoms with van der Waals surface area (Å²) in [6.07, 6.45) is 0. The van der Waals surface area contributed by atoms with Crippen molar-refractivity contribution < 1.29 is 4.39 Å². The van der Waals surface area contributed by atoms with E-state index in [4.69, 9.17) is 0 Å². The van der Waals surface area contributed by atoms with Crippen LogP contribution in [0.2, 0.25) is 0 Å². The van der Waals surface area contributed by atoms with E-state index in [0.29, 0.717) is 6.54 Å². The van der Waals surface area contributed by atoms with E-state index in [9.17, 15) is 4.39 Å². The number of aromatic nitrogens is 1. The van der Waals surface area contributed by atoms with Gasteiger partial charge in [-0.25, -0.2) is 9.37 Å². The molecule has 0 aliphatic heterocycles. The molecule has 1 aromatic heterocycles. The zero-order valence-electron chi connectivity index (χ0n) is 11.6. The summed E-state index contributed by atoms with van der Waals surface area (Å²) in [6, 6.07) is 15.0. The van der Waals surface area contributed by atoms with Crippen LogP contribution in [0, 0.1) is 12.7 Å². The lowest BCUT2D eigenvalue weighted by Gasteiger charge is -2.05. The molecule has 1 N–H and O–H groups in total. The van der Waals surface area contributed by atoms with Gasteiger partial charge in [-0.05, 0) is 30.7 Å². The summed E-state index contributed by atoms with van der Waals surface area (Å²) < 4.78 is 13.3. The molecule has 0 bridgehead atoms. The fourth-order valence-electron chi connectivity index (χ4n) is 2.15. The molecule has 0 radical (unpaired) electrons. The van der Waals surface area contributed by atoms with Gasteiger partial charge in [-0.3, -0.25) is 0 Å². The van der Waals surface area contributed by atoms with Crippen LogP contribution in [-0.4, -0.2) is 4.98 Å². The summed E-state index contributed by atoms with van der Waals surface area (Å²) in [5.41, 5.74) is 3.78. The van der Waals surface area contributed by atoms with Crippen LogP contribution in [0.4, 0.5) is 10.1 Å². The van der Waals surface area contributed by atoms with Crippen LogP contribution in [0.5, 0.6) is 0 Å². The molecule has 0 amide bonds. The average molecular weight is 298 g/mol. The number of rotatable bonds is 4. The van der Waals surface area contributed by atoms with Crippen LogP contribution < -0.4 is 5.32 Å². The molecule has 0 atom stereocenters. The second-order valence-corrected chi connectivity index (χ2v) is 5.81. The number of nitrogens with one attached hydrogen (secondary N) is 1. The molecule has 3 aromatic rings. The molecule has 106 valence electrons. The lowest BCUT2D eigenvalue weighted by atomic mass is 10.2. The van der Waals surface area contributed by atoms with Crippen LogP contribution in [0.25, 0.3) is 11.3 Å². The molecule has 0 fully saturated rings. The van der Waals surface area contributed by atoms with Gasteiger partial charge in [0, 0.05) is 16.6 Å². The van der Waals surface area contributed by atoms with Crippen LogP contribution in [0.15, 0.2) is 53.9 Å². The Morgan fingerprint density at radius 1 is 1.14 bits per heavy atom. The van der Waals surface area contributed by atoms with E-state index in [-0.39, 0.29) is 5.82 Å². The molecule has 0 saturated carbocycles. The van der Waals surface area contributed by atoms with Crippen LogP contribution in [-0.2, 0) is 6.54 Å². The van der Waals surface area contributed by atoms with E-state index in [1.165, 1.54) is 12.1 Å². The monoisotopic (exact) mass is 298 g/mol. The highest BCUT2D eigenvalue weighted by Crippen LogP contribution is 2.22. The minimum Gasteiger partial charge on any atom is -0.378 e. The Morgan fingerprint density at radius 3 is 2.71 bits per heavy atom. The predicted molar refractivity (Wildman–Crippen MR) is 86.0 cm³/mol. The Bertz CT molecular complexity index is 717. The van der Waals surface area contributed by atoms with E-state index in [1.54, 1.807) is 11.3 Å². The summed E-state index contributed by atoms with van der Waals surface area (Å²) in [5, 5.41) is 6.24. The minimum absolute atomic E-state index is 0.221. The van der Waals surface area contributed by atoms with Gasteiger partial charge in [-0.2, -0.15) is 0 Å². The molecule has 0 aliphatic carbocycles. The maximum absolute atomic E-state index is 13.3. The first-order valence-corrected chi connectivity index (χ1v) is 7.59. The lowest BCUT2D eigenvalue weighted by molar-refractivity contribution is 0.627. The molecule has 2 aromatic carbocycles. The molecule has 3 rings (SSSR count). The zero-order chi connectivity index (χ0) is 14.7. The van der Waals surface area contributed by atoms with Gasteiger partial charge < -0.3 is 5.32 Å². The van der Waals surface area contributed by atoms with Crippen molar-refractivity contribution in [1.82, 2.24) is 4.98 Å². The molecule has 4 heteroatoms. The SMILES string of the molecule is Cc1cc(F)cc(NCc2nc(-c3ccccc3)cs2)c1. The second kappa shape index (κ2) is 6.06. The first kappa shape index (κ1) is 13.8. The van der Waals surface area contributed by atoms with Crippen molar-refractivity contribution in [1.29, 1.82) is 0 Å². The van der Waals surface area contributed by atoms with Gasteiger partial charge in [0.1, 0.15) is 10.8 Å². The first-order valence-electron chi connectivity index (χ1n) is 6.71. The number of benzene rings is 2. The van der Waals surface area contributed by atoms with Gasteiger partial charge >= 0.3 is 0 Å². The van der Waals surface area contributed by atoms with E-state index >= 15 is 0 Å². The molecule has 1 heterocycles. The lowest BCUT2D eigenvalue weighted by Crippen LogP contribution is -1.99. The third kappa shape index (κ3) is 3.47.